The van der Waals surface area contributed by atoms with Crippen molar-refractivity contribution < 1.29 is 19.4 Å². The molecule has 114 valence electrons. The van der Waals surface area contributed by atoms with Gasteiger partial charge in [-0.3, -0.25) is 9.59 Å². The van der Waals surface area contributed by atoms with Crippen molar-refractivity contribution in [3.05, 3.63) is 34.9 Å². The molecule has 1 aromatic carbocycles. The lowest BCUT2D eigenvalue weighted by molar-refractivity contribution is -0.149. The highest BCUT2D eigenvalue weighted by molar-refractivity contribution is 5.82. The Labute approximate surface area is 124 Å². The summed E-state index contributed by atoms with van der Waals surface area (Å²) >= 11 is 0. The third-order valence-corrected chi connectivity index (χ3v) is 4.13. The number of carboxylic acid groups (broad SMARTS) is 1. The van der Waals surface area contributed by atoms with Crippen molar-refractivity contribution in [1.29, 1.82) is 0 Å². The van der Waals surface area contributed by atoms with Crippen LogP contribution in [0, 0.1) is 19.3 Å². The van der Waals surface area contributed by atoms with Crippen molar-refractivity contribution >= 4 is 11.9 Å². The standard InChI is InChI=1S/C16H21NO4/c1-10-4-5-11(2)12(6-10)7-14(18)17-13-8-21-9-16(13,3)15(19)20/h4-6,13H,7-9H2,1-3H3,(H,17,18)(H,19,20). The van der Waals surface area contributed by atoms with Crippen molar-refractivity contribution in [1.82, 2.24) is 5.32 Å². The molecule has 1 heterocycles. The van der Waals surface area contributed by atoms with E-state index in [4.69, 9.17) is 4.74 Å². The Balaban J connectivity index is 2.05. The fourth-order valence-corrected chi connectivity index (χ4v) is 2.49. The summed E-state index contributed by atoms with van der Waals surface area (Å²) in [5.74, 6) is -1.12. The fourth-order valence-electron chi connectivity index (χ4n) is 2.49. The molecule has 1 fully saturated rings. The van der Waals surface area contributed by atoms with E-state index in [1.165, 1.54) is 0 Å². The van der Waals surface area contributed by atoms with Crippen LogP contribution in [-0.4, -0.2) is 36.2 Å². The van der Waals surface area contributed by atoms with E-state index in [1.807, 2.05) is 32.0 Å². The molecule has 2 rings (SSSR count). The van der Waals surface area contributed by atoms with E-state index >= 15 is 0 Å². The molecule has 1 aromatic rings. The zero-order chi connectivity index (χ0) is 15.6. The number of carbonyl (C=O) groups is 2. The molecule has 2 unspecified atom stereocenters. The molecule has 1 amide bonds. The Morgan fingerprint density at radius 1 is 1.43 bits per heavy atom. The Morgan fingerprint density at radius 3 is 2.81 bits per heavy atom. The fraction of sp³-hybridized carbons (Fsp3) is 0.500. The highest BCUT2D eigenvalue weighted by atomic mass is 16.5. The zero-order valence-electron chi connectivity index (χ0n) is 12.6. The van der Waals surface area contributed by atoms with Crippen LogP contribution in [0.4, 0.5) is 0 Å². The molecule has 5 heteroatoms. The number of ether oxygens (including phenoxy) is 1. The molecule has 21 heavy (non-hydrogen) atoms. The van der Waals surface area contributed by atoms with E-state index in [9.17, 15) is 14.7 Å². The number of nitrogens with one attached hydrogen (secondary N) is 1. The Hall–Kier alpha value is -1.88. The van der Waals surface area contributed by atoms with Gasteiger partial charge in [-0.25, -0.2) is 0 Å². The predicted molar refractivity (Wildman–Crippen MR) is 78.1 cm³/mol. The average molecular weight is 291 g/mol. The van der Waals surface area contributed by atoms with E-state index in [2.05, 4.69) is 5.32 Å². The van der Waals surface area contributed by atoms with Crippen molar-refractivity contribution in [3.63, 3.8) is 0 Å². The molecule has 0 spiro atoms. The first-order chi connectivity index (χ1) is 9.83. The maximum absolute atomic E-state index is 12.2. The molecular weight excluding hydrogens is 270 g/mol. The molecule has 5 nitrogen and oxygen atoms in total. The minimum atomic E-state index is -1.06. The third kappa shape index (κ3) is 3.24. The van der Waals surface area contributed by atoms with Crippen LogP contribution in [0.2, 0.25) is 0 Å². The van der Waals surface area contributed by atoms with E-state index in [0.717, 1.165) is 16.7 Å². The quantitative estimate of drug-likeness (QED) is 0.880. The van der Waals surface area contributed by atoms with Gasteiger partial charge < -0.3 is 15.2 Å². The SMILES string of the molecule is Cc1ccc(C)c(CC(=O)NC2COCC2(C)C(=O)O)c1. The molecular formula is C16H21NO4. The van der Waals surface area contributed by atoms with E-state index in [0.29, 0.717) is 0 Å². The van der Waals surface area contributed by atoms with Crippen LogP contribution in [0.15, 0.2) is 18.2 Å². The smallest absolute Gasteiger partial charge is 0.313 e. The van der Waals surface area contributed by atoms with E-state index in [1.54, 1.807) is 6.92 Å². The minimum absolute atomic E-state index is 0.122. The van der Waals surface area contributed by atoms with Crippen LogP contribution >= 0.6 is 0 Å². The van der Waals surface area contributed by atoms with Crippen LogP contribution in [0.3, 0.4) is 0 Å². The number of aryl methyl sites for hydroxylation is 2. The summed E-state index contributed by atoms with van der Waals surface area (Å²) < 4.78 is 5.23. The summed E-state index contributed by atoms with van der Waals surface area (Å²) in [6.07, 6.45) is 0.250. The topological polar surface area (TPSA) is 75.6 Å². The predicted octanol–water partition coefficient (Wildman–Crippen LogP) is 1.45. The van der Waals surface area contributed by atoms with Crippen molar-refractivity contribution in [3.8, 4) is 0 Å². The van der Waals surface area contributed by atoms with Gasteiger partial charge in [0.25, 0.3) is 0 Å². The summed E-state index contributed by atoms with van der Waals surface area (Å²) in [7, 11) is 0. The third-order valence-electron chi connectivity index (χ3n) is 4.13. The van der Waals surface area contributed by atoms with Crippen LogP contribution < -0.4 is 5.32 Å². The molecule has 0 aromatic heterocycles. The monoisotopic (exact) mass is 291 g/mol. The number of hydrogen-bond donors (Lipinski definition) is 2. The maximum atomic E-state index is 12.2. The van der Waals surface area contributed by atoms with Crippen LogP contribution in [0.1, 0.15) is 23.6 Å². The number of aliphatic carboxylic acids is 1. The van der Waals surface area contributed by atoms with Crippen molar-refractivity contribution in [2.45, 2.75) is 33.2 Å². The van der Waals surface area contributed by atoms with Crippen LogP contribution in [-0.2, 0) is 20.7 Å². The van der Waals surface area contributed by atoms with Crippen molar-refractivity contribution in [2.24, 2.45) is 5.41 Å². The normalized spacial score (nSPS) is 24.8. The lowest BCUT2D eigenvalue weighted by Crippen LogP contribution is -2.50. The largest absolute Gasteiger partial charge is 0.481 e. The summed E-state index contributed by atoms with van der Waals surface area (Å²) in [5.41, 5.74) is 2.06. The van der Waals surface area contributed by atoms with Gasteiger partial charge in [-0.15, -0.1) is 0 Å². The van der Waals surface area contributed by atoms with Gasteiger partial charge in [-0.05, 0) is 31.9 Å². The highest BCUT2D eigenvalue weighted by Gasteiger charge is 2.47. The number of carbonyl (C=O) groups excluding carboxylic acids is 1. The Bertz CT molecular complexity index is 569. The second-order valence-corrected chi connectivity index (χ2v) is 5.96. The molecule has 1 aliphatic rings. The van der Waals surface area contributed by atoms with Gasteiger partial charge in [0.15, 0.2) is 0 Å². The second kappa shape index (κ2) is 5.85. The van der Waals surface area contributed by atoms with Gasteiger partial charge in [0.2, 0.25) is 5.91 Å². The molecule has 2 N–H and O–H groups in total. The Morgan fingerprint density at radius 2 is 2.14 bits per heavy atom. The molecule has 0 bridgehead atoms. The van der Waals surface area contributed by atoms with Gasteiger partial charge in [0, 0.05) is 0 Å². The first kappa shape index (κ1) is 15.5. The summed E-state index contributed by atoms with van der Waals surface area (Å²) in [6.45, 7) is 5.90. The molecule has 1 aliphatic heterocycles. The highest BCUT2D eigenvalue weighted by Crippen LogP contribution is 2.28. The van der Waals surface area contributed by atoms with Crippen LogP contribution in [0.25, 0.3) is 0 Å². The Kier molecular flexibility index (Phi) is 4.32. The molecule has 1 saturated heterocycles. The van der Waals surface area contributed by atoms with Gasteiger partial charge in [0.1, 0.15) is 5.41 Å². The van der Waals surface area contributed by atoms with Gasteiger partial charge in [-0.2, -0.15) is 0 Å². The van der Waals surface area contributed by atoms with E-state index in [-0.39, 0.29) is 25.5 Å². The maximum Gasteiger partial charge on any atom is 0.313 e. The molecule has 0 saturated carbocycles. The summed E-state index contributed by atoms with van der Waals surface area (Å²) in [6, 6.07) is 5.48. The van der Waals surface area contributed by atoms with E-state index < -0.39 is 17.4 Å². The van der Waals surface area contributed by atoms with Gasteiger partial charge in [-0.1, -0.05) is 23.8 Å². The van der Waals surface area contributed by atoms with Gasteiger partial charge >= 0.3 is 5.97 Å². The lowest BCUT2D eigenvalue weighted by Gasteiger charge is -2.25. The van der Waals surface area contributed by atoms with Gasteiger partial charge in [0.05, 0.1) is 25.7 Å². The van der Waals surface area contributed by atoms with Crippen molar-refractivity contribution in [2.75, 3.05) is 13.2 Å². The number of amides is 1. The first-order valence-electron chi connectivity index (χ1n) is 6.99. The summed E-state index contributed by atoms with van der Waals surface area (Å²) in [5, 5.41) is 12.1. The first-order valence-corrected chi connectivity index (χ1v) is 6.99. The second-order valence-electron chi connectivity index (χ2n) is 5.96. The minimum Gasteiger partial charge on any atom is -0.481 e. The molecule has 0 aliphatic carbocycles. The number of hydrogen-bond acceptors (Lipinski definition) is 3. The number of carboxylic acids is 1. The summed E-state index contributed by atoms with van der Waals surface area (Å²) in [4.78, 5) is 23.5. The number of benzene rings is 1. The lowest BCUT2D eigenvalue weighted by atomic mass is 9.85. The van der Waals surface area contributed by atoms with Crippen LogP contribution in [0.5, 0.6) is 0 Å². The zero-order valence-corrected chi connectivity index (χ0v) is 12.6. The number of rotatable bonds is 4. The average Bonchev–Trinajstić information content (AvgIpc) is 2.77. The molecule has 0 radical (unpaired) electrons. The molecule has 2 atom stereocenters.